The number of rotatable bonds is 3. The highest BCUT2D eigenvalue weighted by atomic mass is 79.9. The van der Waals surface area contributed by atoms with E-state index in [4.69, 9.17) is 11.6 Å². The van der Waals surface area contributed by atoms with Gasteiger partial charge in [-0.1, -0.05) is 11.6 Å². The van der Waals surface area contributed by atoms with Crippen molar-refractivity contribution in [2.75, 3.05) is 0 Å². The predicted molar refractivity (Wildman–Crippen MR) is 77.2 cm³/mol. The number of aryl methyl sites for hydroxylation is 1. The third kappa shape index (κ3) is 3.31. The van der Waals surface area contributed by atoms with Gasteiger partial charge in [-0.3, -0.25) is 9.78 Å². The van der Waals surface area contributed by atoms with Gasteiger partial charge in [0.25, 0.3) is 5.91 Å². The van der Waals surface area contributed by atoms with Crippen LogP contribution in [0.25, 0.3) is 0 Å². The van der Waals surface area contributed by atoms with Crippen LogP contribution in [0.5, 0.6) is 0 Å². The number of nitrogens with one attached hydrogen (secondary N) is 1. The second-order valence-electron chi connectivity index (χ2n) is 3.72. The largest absolute Gasteiger partial charge is 0.347 e. The smallest absolute Gasteiger partial charge is 0.254 e. The maximum absolute atomic E-state index is 11.9. The topological polar surface area (TPSA) is 42.0 Å². The van der Waals surface area contributed by atoms with Crippen molar-refractivity contribution in [3.05, 3.63) is 49.3 Å². The standard InChI is InChI=1S/C12H10BrClN2OS/c1-7-2-11(14)10(5-15-7)12(17)16-4-9-3-8(13)6-18-9/h2-3,5-6H,4H2,1H3,(H,16,17). The number of carbonyl (C=O) groups excluding carboxylic acids is 1. The van der Waals surface area contributed by atoms with Crippen LogP contribution in [0.3, 0.4) is 0 Å². The number of hydrogen-bond donors (Lipinski definition) is 1. The number of nitrogens with zero attached hydrogens (tertiary/aromatic N) is 1. The molecular weight excluding hydrogens is 336 g/mol. The molecule has 0 radical (unpaired) electrons. The lowest BCUT2D eigenvalue weighted by Gasteiger charge is -2.05. The highest BCUT2D eigenvalue weighted by Gasteiger charge is 2.11. The first-order chi connectivity index (χ1) is 8.56. The van der Waals surface area contributed by atoms with Crippen LogP contribution in [0.15, 0.2) is 28.2 Å². The summed E-state index contributed by atoms with van der Waals surface area (Å²) in [5, 5.41) is 5.21. The van der Waals surface area contributed by atoms with Crippen molar-refractivity contribution in [2.45, 2.75) is 13.5 Å². The Morgan fingerprint density at radius 3 is 2.94 bits per heavy atom. The molecule has 0 aromatic carbocycles. The summed E-state index contributed by atoms with van der Waals surface area (Å²) >= 11 is 11.0. The highest BCUT2D eigenvalue weighted by Crippen LogP contribution is 2.20. The third-order valence-corrected chi connectivity index (χ3v) is 4.29. The van der Waals surface area contributed by atoms with E-state index in [2.05, 4.69) is 26.2 Å². The zero-order valence-electron chi connectivity index (χ0n) is 9.54. The molecule has 18 heavy (non-hydrogen) atoms. The Hall–Kier alpha value is -0.910. The average molecular weight is 346 g/mol. The van der Waals surface area contributed by atoms with Gasteiger partial charge in [0.1, 0.15) is 0 Å². The SMILES string of the molecule is Cc1cc(Cl)c(C(=O)NCc2cc(Br)cs2)cn1. The number of hydrogen-bond acceptors (Lipinski definition) is 3. The van der Waals surface area contributed by atoms with Gasteiger partial charge >= 0.3 is 0 Å². The lowest BCUT2D eigenvalue weighted by Crippen LogP contribution is -2.22. The minimum atomic E-state index is -0.211. The van der Waals surface area contributed by atoms with Crippen molar-refractivity contribution in [1.82, 2.24) is 10.3 Å². The van der Waals surface area contributed by atoms with Gasteiger partial charge in [0.15, 0.2) is 0 Å². The lowest BCUT2D eigenvalue weighted by molar-refractivity contribution is 0.0951. The molecule has 94 valence electrons. The van der Waals surface area contributed by atoms with Crippen LogP contribution in [0, 0.1) is 6.92 Å². The molecule has 0 aliphatic rings. The summed E-state index contributed by atoms with van der Waals surface area (Å²) in [5.41, 5.74) is 1.19. The Labute approximate surface area is 122 Å². The maximum Gasteiger partial charge on any atom is 0.254 e. The Bertz CT molecular complexity index is 585. The van der Waals surface area contributed by atoms with Crippen LogP contribution in [0.1, 0.15) is 20.9 Å². The van der Waals surface area contributed by atoms with E-state index in [9.17, 15) is 4.79 Å². The molecule has 1 amide bonds. The van der Waals surface area contributed by atoms with Gasteiger partial charge in [0.2, 0.25) is 0 Å². The summed E-state index contributed by atoms with van der Waals surface area (Å²) < 4.78 is 1.02. The number of halogens is 2. The molecular formula is C12H10BrClN2OS. The molecule has 2 aromatic heterocycles. The normalized spacial score (nSPS) is 10.4. The van der Waals surface area contributed by atoms with Crippen molar-refractivity contribution in [1.29, 1.82) is 0 Å². The van der Waals surface area contributed by atoms with Gasteiger partial charge < -0.3 is 5.32 Å². The molecule has 0 unspecified atom stereocenters. The molecule has 0 saturated carbocycles. The zero-order valence-corrected chi connectivity index (χ0v) is 12.7. The molecule has 2 rings (SSSR count). The summed E-state index contributed by atoms with van der Waals surface area (Å²) in [4.78, 5) is 17.1. The summed E-state index contributed by atoms with van der Waals surface area (Å²) in [6, 6.07) is 3.65. The Balaban J connectivity index is 2.03. The Kier molecular flexibility index (Phi) is 4.37. The van der Waals surface area contributed by atoms with E-state index < -0.39 is 0 Å². The van der Waals surface area contributed by atoms with Crippen molar-refractivity contribution >= 4 is 44.8 Å². The minimum Gasteiger partial charge on any atom is -0.347 e. The van der Waals surface area contributed by atoms with E-state index in [1.807, 2.05) is 18.4 Å². The van der Waals surface area contributed by atoms with Crippen LogP contribution in [0.4, 0.5) is 0 Å². The fourth-order valence-electron chi connectivity index (χ4n) is 1.40. The van der Waals surface area contributed by atoms with Gasteiger partial charge in [-0.25, -0.2) is 0 Å². The third-order valence-electron chi connectivity index (χ3n) is 2.28. The maximum atomic E-state index is 11.9. The van der Waals surface area contributed by atoms with Crippen LogP contribution in [-0.2, 0) is 6.54 Å². The van der Waals surface area contributed by atoms with Crippen LogP contribution in [-0.4, -0.2) is 10.9 Å². The van der Waals surface area contributed by atoms with Gasteiger partial charge in [-0.05, 0) is 35.0 Å². The summed E-state index contributed by atoms with van der Waals surface area (Å²) in [6.07, 6.45) is 1.50. The Morgan fingerprint density at radius 1 is 1.56 bits per heavy atom. The number of amides is 1. The van der Waals surface area contributed by atoms with E-state index in [0.717, 1.165) is 15.0 Å². The average Bonchev–Trinajstić information content (AvgIpc) is 2.72. The molecule has 0 aliphatic heterocycles. The predicted octanol–water partition coefficient (Wildman–Crippen LogP) is 3.80. The number of aromatic nitrogens is 1. The van der Waals surface area contributed by atoms with E-state index >= 15 is 0 Å². The summed E-state index contributed by atoms with van der Waals surface area (Å²) in [5.74, 6) is -0.211. The molecule has 0 atom stereocenters. The fourth-order valence-corrected chi connectivity index (χ4v) is 3.09. The molecule has 0 fully saturated rings. The highest BCUT2D eigenvalue weighted by molar-refractivity contribution is 9.10. The molecule has 0 aliphatic carbocycles. The lowest BCUT2D eigenvalue weighted by atomic mass is 10.2. The second kappa shape index (κ2) is 5.82. The van der Waals surface area contributed by atoms with Crippen molar-refractivity contribution in [2.24, 2.45) is 0 Å². The van der Waals surface area contributed by atoms with Crippen molar-refractivity contribution in [3.8, 4) is 0 Å². The van der Waals surface area contributed by atoms with Gasteiger partial charge in [0, 0.05) is 26.6 Å². The summed E-state index contributed by atoms with van der Waals surface area (Å²) in [7, 11) is 0. The number of pyridine rings is 1. The second-order valence-corrected chi connectivity index (χ2v) is 6.04. The van der Waals surface area contributed by atoms with E-state index in [0.29, 0.717) is 17.1 Å². The van der Waals surface area contributed by atoms with Crippen molar-refractivity contribution < 1.29 is 4.79 Å². The Morgan fingerprint density at radius 2 is 2.33 bits per heavy atom. The molecule has 0 spiro atoms. The van der Waals surface area contributed by atoms with E-state index in [-0.39, 0.29) is 5.91 Å². The first kappa shape index (κ1) is 13.5. The van der Waals surface area contributed by atoms with Crippen LogP contribution < -0.4 is 5.32 Å². The van der Waals surface area contributed by atoms with Gasteiger partial charge in [0.05, 0.1) is 17.1 Å². The van der Waals surface area contributed by atoms with Crippen LogP contribution in [0.2, 0.25) is 5.02 Å². The monoisotopic (exact) mass is 344 g/mol. The molecule has 0 bridgehead atoms. The fraction of sp³-hybridized carbons (Fsp3) is 0.167. The quantitative estimate of drug-likeness (QED) is 0.919. The molecule has 2 aromatic rings. The first-order valence-electron chi connectivity index (χ1n) is 5.19. The zero-order chi connectivity index (χ0) is 13.1. The molecule has 3 nitrogen and oxygen atoms in total. The first-order valence-corrected chi connectivity index (χ1v) is 7.24. The molecule has 2 heterocycles. The van der Waals surface area contributed by atoms with Crippen molar-refractivity contribution in [3.63, 3.8) is 0 Å². The summed E-state index contributed by atoms with van der Waals surface area (Å²) in [6.45, 7) is 2.32. The van der Waals surface area contributed by atoms with E-state index in [1.54, 1.807) is 17.4 Å². The molecule has 0 saturated heterocycles. The van der Waals surface area contributed by atoms with Crippen LogP contribution >= 0.6 is 38.9 Å². The van der Waals surface area contributed by atoms with E-state index in [1.165, 1.54) is 6.20 Å². The minimum absolute atomic E-state index is 0.211. The molecule has 1 N–H and O–H groups in total. The number of thiophene rings is 1. The van der Waals surface area contributed by atoms with Gasteiger partial charge in [-0.2, -0.15) is 0 Å². The molecule has 6 heteroatoms. The van der Waals surface area contributed by atoms with Gasteiger partial charge in [-0.15, -0.1) is 11.3 Å². The number of carbonyl (C=O) groups is 1.